The molecule has 0 bridgehead atoms. The average molecular weight is 505 g/mol. The lowest BCUT2D eigenvalue weighted by atomic mass is 10.1. The Morgan fingerprint density at radius 1 is 1.03 bits per heavy atom. The van der Waals surface area contributed by atoms with Crippen LogP contribution < -0.4 is 0 Å². The van der Waals surface area contributed by atoms with Crippen LogP contribution in [0.4, 0.5) is 5.69 Å². The summed E-state index contributed by atoms with van der Waals surface area (Å²) in [6.45, 7) is 4.34. The van der Waals surface area contributed by atoms with Crippen molar-refractivity contribution in [2.75, 3.05) is 20.3 Å². The zero-order valence-electron chi connectivity index (χ0n) is 20.0. The SMILES string of the molecule is CCOC(=O)c1cccc(N=C2SC(=Cc3ccc(-c4ccc(C(=O)OC)cc4)o3)C(=O)N2CC)c1. The zero-order valence-corrected chi connectivity index (χ0v) is 20.8. The van der Waals surface area contributed by atoms with E-state index in [-0.39, 0.29) is 12.5 Å². The number of hydrogen-bond acceptors (Lipinski definition) is 8. The summed E-state index contributed by atoms with van der Waals surface area (Å²) in [5.74, 6) is 0.110. The van der Waals surface area contributed by atoms with Crippen molar-refractivity contribution in [3.8, 4) is 11.3 Å². The number of ether oxygens (including phenoxy) is 2. The van der Waals surface area contributed by atoms with Crippen LogP contribution >= 0.6 is 11.8 Å². The van der Waals surface area contributed by atoms with Gasteiger partial charge in [0.1, 0.15) is 11.5 Å². The number of carbonyl (C=O) groups excluding carboxylic acids is 3. The van der Waals surface area contributed by atoms with Gasteiger partial charge in [-0.25, -0.2) is 14.6 Å². The molecule has 1 saturated heterocycles. The molecule has 0 spiro atoms. The van der Waals surface area contributed by atoms with Crippen LogP contribution in [0.5, 0.6) is 0 Å². The van der Waals surface area contributed by atoms with E-state index < -0.39 is 11.9 Å². The molecule has 184 valence electrons. The molecule has 1 amide bonds. The second-order valence-electron chi connectivity index (χ2n) is 7.60. The molecule has 0 radical (unpaired) electrons. The Morgan fingerprint density at radius 2 is 1.81 bits per heavy atom. The smallest absolute Gasteiger partial charge is 0.338 e. The normalized spacial score (nSPS) is 15.5. The predicted octanol–water partition coefficient (Wildman–Crippen LogP) is 5.53. The first-order chi connectivity index (χ1) is 17.4. The largest absolute Gasteiger partial charge is 0.465 e. The number of nitrogens with zero attached hydrogens (tertiary/aromatic N) is 2. The maximum atomic E-state index is 13.0. The minimum absolute atomic E-state index is 0.178. The van der Waals surface area contributed by atoms with Crippen molar-refractivity contribution < 1.29 is 28.3 Å². The Kier molecular flexibility index (Phi) is 7.70. The number of methoxy groups -OCH3 is 1. The lowest BCUT2D eigenvalue weighted by Crippen LogP contribution is -2.28. The first kappa shape index (κ1) is 25.0. The molecular weight excluding hydrogens is 480 g/mol. The van der Waals surface area contributed by atoms with Crippen LogP contribution in [0, 0.1) is 0 Å². The average Bonchev–Trinajstić information content (AvgIpc) is 3.48. The summed E-state index contributed by atoms with van der Waals surface area (Å²) in [5.41, 5.74) is 2.18. The molecule has 0 saturated carbocycles. The Hall–Kier alpha value is -4.11. The molecule has 2 aromatic carbocycles. The molecule has 4 rings (SSSR count). The van der Waals surface area contributed by atoms with E-state index >= 15 is 0 Å². The number of amides is 1. The summed E-state index contributed by atoms with van der Waals surface area (Å²) in [6.07, 6.45) is 1.68. The fourth-order valence-electron chi connectivity index (χ4n) is 3.50. The molecule has 1 aliphatic rings. The first-order valence-corrected chi connectivity index (χ1v) is 12.1. The van der Waals surface area contributed by atoms with Gasteiger partial charge in [0.2, 0.25) is 0 Å². The highest BCUT2D eigenvalue weighted by Gasteiger charge is 2.32. The van der Waals surface area contributed by atoms with Crippen molar-refractivity contribution in [3.05, 3.63) is 82.5 Å². The predicted molar refractivity (Wildman–Crippen MR) is 138 cm³/mol. The third-order valence-corrected chi connectivity index (χ3v) is 6.28. The fraction of sp³-hybridized carbons (Fsp3) is 0.185. The summed E-state index contributed by atoms with van der Waals surface area (Å²) >= 11 is 1.24. The lowest BCUT2D eigenvalue weighted by molar-refractivity contribution is -0.122. The fourth-order valence-corrected chi connectivity index (χ4v) is 4.54. The maximum Gasteiger partial charge on any atom is 0.338 e. The lowest BCUT2D eigenvalue weighted by Gasteiger charge is -2.12. The number of esters is 2. The number of furan rings is 1. The van der Waals surface area contributed by atoms with E-state index in [1.165, 1.54) is 18.9 Å². The second kappa shape index (κ2) is 11.1. The van der Waals surface area contributed by atoms with Gasteiger partial charge in [-0.15, -0.1) is 0 Å². The zero-order chi connectivity index (χ0) is 25.7. The number of amidine groups is 1. The molecule has 0 atom stereocenters. The minimum atomic E-state index is -0.420. The van der Waals surface area contributed by atoms with Gasteiger partial charge in [0, 0.05) is 18.2 Å². The molecular formula is C27H24N2O6S. The van der Waals surface area contributed by atoms with Crippen molar-refractivity contribution in [1.29, 1.82) is 0 Å². The molecule has 2 heterocycles. The van der Waals surface area contributed by atoms with Gasteiger partial charge in [-0.3, -0.25) is 9.69 Å². The van der Waals surface area contributed by atoms with Crippen molar-refractivity contribution in [1.82, 2.24) is 4.90 Å². The standard InChI is InChI=1S/C27H24N2O6S/c1-4-29-24(30)23(36-27(29)28-20-8-6-7-19(15-20)26(32)34-5-2)16-21-13-14-22(35-21)17-9-11-18(12-10-17)25(31)33-3/h6-16H,4-5H2,1-3H3. The van der Waals surface area contributed by atoms with Crippen LogP contribution in [0.3, 0.4) is 0 Å². The van der Waals surface area contributed by atoms with Crippen LogP contribution in [-0.4, -0.2) is 48.2 Å². The molecule has 1 aliphatic heterocycles. The molecule has 8 nitrogen and oxygen atoms in total. The monoisotopic (exact) mass is 504 g/mol. The third kappa shape index (κ3) is 5.41. The van der Waals surface area contributed by atoms with Gasteiger partial charge < -0.3 is 13.9 Å². The number of thioether (sulfide) groups is 1. The van der Waals surface area contributed by atoms with Crippen LogP contribution in [-0.2, 0) is 14.3 Å². The number of likely N-dealkylation sites (N-methyl/N-ethyl adjacent to an activating group) is 1. The van der Waals surface area contributed by atoms with Gasteiger partial charge in [0.05, 0.1) is 35.4 Å². The van der Waals surface area contributed by atoms with E-state index in [9.17, 15) is 14.4 Å². The molecule has 1 fully saturated rings. The van der Waals surface area contributed by atoms with Crippen LogP contribution in [0.1, 0.15) is 40.3 Å². The molecule has 0 aliphatic carbocycles. The van der Waals surface area contributed by atoms with Crippen LogP contribution in [0.2, 0.25) is 0 Å². The first-order valence-electron chi connectivity index (χ1n) is 11.3. The Morgan fingerprint density at radius 3 is 2.50 bits per heavy atom. The quantitative estimate of drug-likeness (QED) is 0.308. The van der Waals surface area contributed by atoms with E-state index in [0.717, 1.165) is 5.56 Å². The van der Waals surface area contributed by atoms with Gasteiger partial charge >= 0.3 is 11.9 Å². The number of rotatable bonds is 7. The molecule has 36 heavy (non-hydrogen) atoms. The summed E-state index contributed by atoms with van der Waals surface area (Å²) in [4.78, 5) is 43.3. The van der Waals surface area contributed by atoms with E-state index in [0.29, 0.717) is 45.0 Å². The number of carbonyl (C=O) groups is 3. The van der Waals surface area contributed by atoms with Gasteiger partial charge in [-0.05, 0) is 68.1 Å². The van der Waals surface area contributed by atoms with Gasteiger partial charge in [-0.2, -0.15) is 0 Å². The Bertz CT molecular complexity index is 1360. The number of aliphatic imine (C=N–C) groups is 1. The summed E-state index contributed by atoms with van der Waals surface area (Å²) < 4.78 is 15.7. The van der Waals surface area contributed by atoms with Gasteiger partial charge in [-0.1, -0.05) is 18.2 Å². The third-order valence-electron chi connectivity index (χ3n) is 5.28. The van der Waals surface area contributed by atoms with Crippen molar-refractivity contribution in [2.24, 2.45) is 4.99 Å². The van der Waals surface area contributed by atoms with E-state index in [1.54, 1.807) is 78.6 Å². The minimum Gasteiger partial charge on any atom is -0.465 e. The van der Waals surface area contributed by atoms with E-state index in [2.05, 4.69) is 4.99 Å². The number of benzene rings is 2. The summed E-state index contributed by atoms with van der Waals surface area (Å²) in [7, 11) is 1.33. The van der Waals surface area contributed by atoms with Crippen molar-refractivity contribution in [2.45, 2.75) is 13.8 Å². The molecule has 0 N–H and O–H groups in total. The Balaban J connectivity index is 1.56. The highest BCUT2D eigenvalue weighted by Crippen LogP contribution is 2.35. The summed E-state index contributed by atoms with van der Waals surface area (Å²) in [6, 6.07) is 17.2. The molecule has 9 heteroatoms. The number of hydrogen-bond donors (Lipinski definition) is 0. The second-order valence-corrected chi connectivity index (χ2v) is 8.61. The van der Waals surface area contributed by atoms with Gasteiger partial charge in [0.25, 0.3) is 5.91 Å². The van der Waals surface area contributed by atoms with Crippen molar-refractivity contribution in [3.63, 3.8) is 0 Å². The van der Waals surface area contributed by atoms with E-state index in [1.807, 2.05) is 6.92 Å². The molecule has 0 unspecified atom stereocenters. The highest BCUT2D eigenvalue weighted by molar-refractivity contribution is 8.18. The van der Waals surface area contributed by atoms with Crippen LogP contribution in [0.25, 0.3) is 17.4 Å². The van der Waals surface area contributed by atoms with Crippen molar-refractivity contribution >= 4 is 46.5 Å². The molecule has 1 aromatic heterocycles. The van der Waals surface area contributed by atoms with E-state index in [4.69, 9.17) is 13.9 Å². The summed E-state index contributed by atoms with van der Waals surface area (Å²) in [5, 5.41) is 0.514. The highest BCUT2D eigenvalue weighted by atomic mass is 32.2. The maximum absolute atomic E-state index is 13.0. The van der Waals surface area contributed by atoms with Gasteiger partial charge in [0.15, 0.2) is 5.17 Å². The molecule has 3 aromatic rings. The topological polar surface area (TPSA) is 98.4 Å². The Labute approximate surface area is 212 Å². The van der Waals surface area contributed by atoms with Crippen LogP contribution in [0.15, 0.2) is 75.0 Å².